The molecule has 0 saturated carbocycles. The minimum Gasteiger partial charge on any atom is -0.308 e. The number of hydrogen-bond acceptors (Lipinski definition) is 3. The van der Waals surface area contributed by atoms with Crippen molar-refractivity contribution in [3.63, 3.8) is 0 Å². The highest BCUT2D eigenvalue weighted by Crippen LogP contribution is 2.31. The summed E-state index contributed by atoms with van der Waals surface area (Å²) in [5.74, 6) is -0.0689. The van der Waals surface area contributed by atoms with Gasteiger partial charge in [-0.3, -0.25) is 9.52 Å². The second-order valence-electron chi connectivity index (χ2n) is 7.64. The van der Waals surface area contributed by atoms with Gasteiger partial charge in [-0.15, -0.1) is 0 Å². The van der Waals surface area contributed by atoms with E-state index in [9.17, 15) is 13.2 Å². The van der Waals surface area contributed by atoms with E-state index in [4.69, 9.17) is 0 Å². The molecule has 3 aromatic carbocycles. The summed E-state index contributed by atoms with van der Waals surface area (Å²) >= 11 is 0. The van der Waals surface area contributed by atoms with Crippen LogP contribution >= 0.6 is 0 Å². The van der Waals surface area contributed by atoms with Crippen LogP contribution in [0.2, 0.25) is 0 Å². The number of anilines is 2. The van der Waals surface area contributed by atoms with E-state index < -0.39 is 10.0 Å². The van der Waals surface area contributed by atoms with Gasteiger partial charge in [-0.25, -0.2) is 8.42 Å². The summed E-state index contributed by atoms with van der Waals surface area (Å²) < 4.78 is 28.6. The van der Waals surface area contributed by atoms with Crippen molar-refractivity contribution < 1.29 is 13.2 Å². The molecular weight excluding hydrogens is 396 g/mol. The predicted octanol–water partition coefficient (Wildman–Crippen LogP) is 4.70. The first kappa shape index (κ1) is 20.2. The Labute approximate surface area is 177 Å². The summed E-state index contributed by atoms with van der Waals surface area (Å²) in [5, 5.41) is 0. The van der Waals surface area contributed by atoms with Crippen LogP contribution in [-0.2, 0) is 16.4 Å². The minimum absolute atomic E-state index is 0.0689. The first-order valence-corrected chi connectivity index (χ1v) is 11.4. The van der Waals surface area contributed by atoms with Crippen LogP contribution in [0.15, 0.2) is 71.6 Å². The SMILES string of the molecule is Cc1ccc(NS(=O)(=O)c2ccc3c(c2)CCCN3C(=O)c2ccccc2)c(C)c1. The summed E-state index contributed by atoms with van der Waals surface area (Å²) in [5.41, 5.74) is 4.79. The van der Waals surface area contributed by atoms with Gasteiger partial charge in [0, 0.05) is 17.8 Å². The van der Waals surface area contributed by atoms with E-state index in [1.807, 2.05) is 44.2 Å². The largest absolute Gasteiger partial charge is 0.308 e. The van der Waals surface area contributed by atoms with Crippen molar-refractivity contribution in [2.24, 2.45) is 0 Å². The molecule has 6 heteroatoms. The standard InChI is InChI=1S/C24H24N2O3S/c1-17-10-12-22(18(2)15-17)25-30(28,29)21-11-13-23-20(16-21)9-6-14-26(23)24(27)19-7-4-3-5-8-19/h3-5,7-8,10-13,15-16,25H,6,9,14H2,1-2H3. The van der Waals surface area contributed by atoms with Crippen molar-refractivity contribution in [2.75, 3.05) is 16.2 Å². The molecule has 1 aliphatic heterocycles. The minimum atomic E-state index is -3.73. The lowest BCUT2D eigenvalue weighted by Gasteiger charge is -2.30. The number of fused-ring (bicyclic) bond motifs is 1. The van der Waals surface area contributed by atoms with Crippen LogP contribution < -0.4 is 9.62 Å². The highest BCUT2D eigenvalue weighted by molar-refractivity contribution is 7.92. The molecular formula is C24H24N2O3S. The third-order valence-corrected chi connectivity index (χ3v) is 6.74. The van der Waals surface area contributed by atoms with Crippen molar-refractivity contribution in [3.8, 4) is 0 Å². The summed E-state index contributed by atoms with van der Waals surface area (Å²) in [6.45, 7) is 4.47. The topological polar surface area (TPSA) is 66.5 Å². The molecule has 0 spiro atoms. The lowest BCUT2D eigenvalue weighted by atomic mass is 10.0. The van der Waals surface area contributed by atoms with Gasteiger partial charge in [0.1, 0.15) is 0 Å². The average Bonchev–Trinajstić information content (AvgIpc) is 2.75. The maximum atomic E-state index is 13.0. The molecule has 3 aromatic rings. The molecule has 0 radical (unpaired) electrons. The van der Waals surface area contributed by atoms with Gasteiger partial charge >= 0.3 is 0 Å². The van der Waals surface area contributed by atoms with Crippen LogP contribution in [0.1, 0.15) is 33.5 Å². The molecule has 0 saturated heterocycles. The molecule has 1 heterocycles. The molecule has 1 N–H and O–H groups in total. The highest BCUT2D eigenvalue weighted by atomic mass is 32.2. The molecule has 1 aliphatic rings. The van der Waals surface area contributed by atoms with Crippen molar-refractivity contribution in [1.29, 1.82) is 0 Å². The van der Waals surface area contributed by atoms with E-state index in [1.165, 1.54) is 0 Å². The van der Waals surface area contributed by atoms with Gasteiger partial charge in [-0.2, -0.15) is 0 Å². The first-order valence-electron chi connectivity index (χ1n) is 9.95. The Hall–Kier alpha value is -3.12. The van der Waals surface area contributed by atoms with Crippen molar-refractivity contribution in [2.45, 2.75) is 31.6 Å². The third-order valence-electron chi connectivity index (χ3n) is 5.37. The maximum Gasteiger partial charge on any atom is 0.261 e. The van der Waals surface area contributed by atoms with Crippen LogP contribution in [0, 0.1) is 13.8 Å². The van der Waals surface area contributed by atoms with E-state index in [0.29, 0.717) is 17.8 Å². The smallest absolute Gasteiger partial charge is 0.261 e. The second kappa shape index (κ2) is 7.95. The first-order chi connectivity index (χ1) is 14.3. The lowest BCUT2D eigenvalue weighted by molar-refractivity contribution is 0.0985. The second-order valence-corrected chi connectivity index (χ2v) is 9.32. The summed E-state index contributed by atoms with van der Waals surface area (Å²) in [7, 11) is -3.73. The Bertz CT molecular complexity index is 1200. The van der Waals surface area contributed by atoms with Gasteiger partial charge in [-0.1, -0.05) is 35.9 Å². The molecule has 154 valence electrons. The van der Waals surface area contributed by atoms with Crippen molar-refractivity contribution >= 4 is 27.3 Å². The van der Waals surface area contributed by atoms with E-state index in [0.717, 1.165) is 35.2 Å². The zero-order chi connectivity index (χ0) is 21.3. The van der Waals surface area contributed by atoms with Gasteiger partial charge in [0.15, 0.2) is 0 Å². The molecule has 0 unspecified atom stereocenters. The van der Waals surface area contributed by atoms with E-state index in [1.54, 1.807) is 41.3 Å². The zero-order valence-electron chi connectivity index (χ0n) is 17.1. The third kappa shape index (κ3) is 3.96. The van der Waals surface area contributed by atoms with Gasteiger partial charge in [-0.05, 0) is 74.2 Å². The number of aryl methyl sites for hydroxylation is 3. The summed E-state index contributed by atoms with van der Waals surface area (Å²) in [6, 6.07) is 19.7. The number of carbonyl (C=O) groups is 1. The molecule has 30 heavy (non-hydrogen) atoms. The Balaban J connectivity index is 1.64. The van der Waals surface area contributed by atoms with E-state index in [2.05, 4.69) is 4.72 Å². The number of amides is 1. The maximum absolute atomic E-state index is 13.0. The fourth-order valence-electron chi connectivity index (χ4n) is 3.82. The Morgan fingerprint density at radius 2 is 1.73 bits per heavy atom. The van der Waals surface area contributed by atoms with Gasteiger partial charge in [0.05, 0.1) is 10.6 Å². The molecule has 0 atom stereocenters. The summed E-state index contributed by atoms with van der Waals surface area (Å²) in [4.78, 5) is 14.9. The normalized spacial score (nSPS) is 13.6. The molecule has 1 amide bonds. The van der Waals surface area contributed by atoms with Gasteiger partial charge < -0.3 is 4.90 Å². The summed E-state index contributed by atoms with van der Waals surface area (Å²) in [6.07, 6.45) is 1.53. The Morgan fingerprint density at radius 3 is 2.47 bits per heavy atom. The Morgan fingerprint density at radius 1 is 0.967 bits per heavy atom. The van der Waals surface area contributed by atoms with Crippen LogP contribution in [0.5, 0.6) is 0 Å². The molecule has 0 aromatic heterocycles. The van der Waals surface area contributed by atoms with Gasteiger partial charge in [0.2, 0.25) is 0 Å². The quantitative estimate of drug-likeness (QED) is 0.665. The Kier molecular flexibility index (Phi) is 5.35. The fraction of sp³-hybridized carbons (Fsp3) is 0.208. The number of rotatable bonds is 4. The van der Waals surface area contributed by atoms with Crippen molar-refractivity contribution in [1.82, 2.24) is 0 Å². The molecule has 0 fully saturated rings. The van der Waals surface area contributed by atoms with Crippen LogP contribution in [-0.4, -0.2) is 20.9 Å². The van der Waals surface area contributed by atoms with Gasteiger partial charge in [0.25, 0.3) is 15.9 Å². The molecule has 0 bridgehead atoms. The fourth-order valence-corrected chi connectivity index (χ4v) is 5.00. The number of sulfonamides is 1. The monoisotopic (exact) mass is 420 g/mol. The number of benzene rings is 3. The van der Waals surface area contributed by atoms with E-state index in [-0.39, 0.29) is 10.8 Å². The highest BCUT2D eigenvalue weighted by Gasteiger charge is 2.25. The molecule has 0 aliphatic carbocycles. The number of nitrogens with zero attached hydrogens (tertiary/aromatic N) is 1. The van der Waals surface area contributed by atoms with Crippen molar-refractivity contribution in [3.05, 3.63) is 89.0 Å². The zero-order valence-corrected chi connectivity index (χ0v) is 17.9. The van der Waals surface area contributed by atoms with Crippen LogP contribution in [0.4, 0.5) is 11.4 Å². The van der Waals surface area contributed by atoms with E-state index >= 15 is 0 Å². The average molecular weight is 421 g/mol. The number of carbonyl (C=O) groups excluding carboxylic acids is 1. The lowest BCUT2D eigenvalue weighted by Crippen LogP contribution is -2.35. The molecule has 4 rings (SSSR count). The van der Waals surface area contributed by atoms with Crippen LogP contribution in [0.25, 0.3) is 0 Å². The predicted molar refractivity (Wildman–Crippen MR) is 120 cm³/mol. The number of hydrogen-bond donors (Lipinski definition) is 1. The number of nitrogens with one attached hydrogen (secondary N) is 1. The molecule has 5 nitrogen and oxygen atoms in total. The van der Waals surface area contributed by atoms with Crippen LogP contribution in [0.3, 0.4) is 0 Å².